The van der Waals surface area contributed by atoms with E-state index in [1.165, 1.54) is 0 Å². The summed E-state index contributed by atoms with van der Waals surface area (Å²) in [5, 5.41) is 0. The van der Waals surface area contributed by atoms with Crippen LogP contribution in [0.4, 0.5) is 0 Å². The van der Waals surface area contributed by atoms with Crippen LogP contribution in [0.25, 0.3) is 0 Å². The molecule has 2 fully saturated rings. The monoisotopic (exact) mass is 240 g/mol. The summed E-state index contributed by atoms with van der Waals surface area (Å²) in [4.78, 5) is 11.5. The number of hydrogen-bond donors (Lipinski definition) is 0. The van der Waals surface area contributed by atoms with Crippen molar-refractivity contribution in [1.82, 2.24) is 0 Å². The summed E-state index contributed by atoms with van der Waals surface area (Å²) in [5.74, 6) is 0.622. The van der Waals surface area contributed by atoms with Gasteiger partial charge in [0.2, 0.25) is 0 Å². The maximum absolute atomic E-state index is 11.5. The lowest BCUT2D eigenvalue weighted by Crippen LogP contribution is -2.23. The average Bonchev–Trinajstić information content (AvgIpc) is 2.35. The molecule has 0 saturated heterocycles. The highest BCUT2D eigenvalue weighted by molar-refractivity contribution is 6.67. The van der Waals surface area contributed by atoms with Gasteiger partial charge in [-0.15, -0.1) is 0 Å². The van der Waals surface area contributed by atoms with Crippen LogP contribution in [0.5, 0.6) is 0 Å². The van der Waals surface area contributed by atoms with E-state index in [4.69, 9.17) is 34.8 Å². The van der Waals surface area contributed by atoms with Gasteiger partial charge < -0.3 is 0 Å². The molecule has 2 aliphatic rings. The van der Waals surface area contributed by atoms with Gasteiger partial charge in [-0.3, -0.25) is 4.79 Å². The maximum atomic E-state index is 11.5. The number of ketones is 1. The highest BCUT2D eigenvalue weighted by Crippen LogP contribution is 2.70. The summed E-state index contributed by atoms with van der Waals surface area (Å²) in [6.07, 6.45) is 0.440. The largest absolute Gasteiger partial charge is 0.299 e. The highest BCUT2D eigenvalue weighted by Gasteiger charge is 2.71. The number of hydrogen-bond acceptors (Lipinski definition) is 1. The topological polar surface area (TPSA) is 17.1 Å². The van der Waals surface area contributed by atoms with Gasteiger partial charge >= 0.3 is 0 Å². The van der Waals surface area contributed by atoms with Gasteiger partial charge in [-0.2, -0.15) is 0 Å². The lowest BCUT2D eigenvalue weighted by molar-refractivity contribution is -0.120. The third-order valence-electron chi connectivity index (χ3n) is 3.53. The molecule has 74 valence electrons. The fourth-order valence-electron chi connectivity index (χ4n) is 2.83. The molecular weight excluding hydrogens is 230 g/mol. The number of carbonyl (C=O) groups is 1. The number of rotatable bonds is 0. The number of Topliss-reactive ketones (excluding diaryl/α,β-unsaturated/α-hetero) is 1. The fourth-order valence-corrected chi connectivity index (χ4v) is 3.47. The molecule has 2 aliphatic carbocycles. The first-order valence-corrected chi connectivity index (χ1v) is 5.49. The molecule has 3 unspecified atom stereocenters. The molecule has 0 aromatic heterocycles. The highest BCUT2D eigenvalue weighted by atomic mass is 35.6. The first-order valence-electron chi connectivity index (χ1n) is 4.35. The van der Waals surface area contributed by atoms with Gasteiger partial charge in [0.05, 0.1) is 0 Å². The van der Waals surface area contributed by atoms with Crippen LogP contribution in [0.3, 0.4) is 0 Å². The van der Waals surface area contributed by atoms with E-state index in [2.05, 4.69) is 13.8 Å². The Morgan fingerprint density at radius 1 is 1.38 bits per heavy atom. The van der Waals surface area contributed by atoms with Crippen molar-refractivity contribution in [1.29, 1.82) is 0 Å². The molecule has 0 radical (unpaired) electrons. The van der Waals surface area contributed by atoms with Gasteiger partial charge in [0.15, 0.2) is 3.79 Å². The van der Waals surface area contributed by atoms with Crippen molar-refractivity contribution in [3.8, 4) is 0 Å². The zero-order valence-electron chi connectivity index (χ0n) is 7.48. The summed E-state index contributed by atoms with van der Waals surface area (Å²) in [6.45, 7) is 4.14. The smallest absolute Gasteiger partial charge is 0.194 e. The SMILES string of the molecule is CC1(C)C2C(=O)CC(C(Cl)(Cl)Cl)C21. The number of alkyl halides is 3. The van der Waals surface area contributed by atoms with Gasteiger partial charge in [-0.05, 0) is 11.3 Å². The quantitative estimate of drug-likeness (QED) is 0.595. The minimum atomic E-state index is -1.27. The standard InChI is InChI=1S/C9H11Cl3O/c1-8(2)6-4(9(10,11)12)3-5(13)7(6)8/h4,6-7H,3H2,1-2H3. The molecule has 0 spiro atoms. The Hall–Kier alpha value is 0.540. The van der Waals surface area contributed by atoms with E-state index in [0.717, 1.165) is 0 Å². The fraction of sp³-hybridized carbons (Fsp3) is 0.889. The van der Waals surface area contributed by atoms with Crippen molar-refractivity contribution < 1.29 is 4.79 Å². The Balaban J connectivity index is 2.24. The predicted molar refractivity (Wildman–Crippen MR) is 54.2 cm³/mol. The van der Waals surface area contributed by atoms with Crippen molar-refractivity contribution in [2.24, 2.45) is 23.2 Å². The molecular formula is C9H11Cl3O. The molecule has 0 aliphatic heterocycles. The van der Waals surface area contributed by atoms with Crippen LogP contribution in [0.1, 0.15) is 20.3 Å². The van der Waals surface area contributed by atoms with E-state index >= 15 is 0 Å². The second-order valence-electron chi connectivity index (χ2n) is 4.64. The number of carbonyl (C=O) groups excluding carboxylic acids is 1. The third kappa shape index (κ3) is 1.32. The van der Waals surface area contributed by atoms with Crippen LogP contribution in [0, 0.1) is 23.2 Å². The summed E-state index contributed by atoms with van der Waals surface area (Å²) >= 11 is 17.5. The van der Waals surface area contributed by atoms with Crippen LogP contribution in [0.2, 0.25) is 0 Å². The predicted octanol–water partition coefficient (Wildman–Crippen LogP) is 3.22. The zero-order chi connectivity index (χ0) is 10.0. The molecule has 2 rings (SSSR count). The molecule has 0 aromatic rings. The first-order chi connectivity index (χ1) is 5.76. The Morgan fingerprint density at radius 3 is 2.15 bits per heavy atom. The van der Waals surface area contributed by atoms with Crippen molar-refractivity contribution in [3.05, 3.63) is 0 Å². The Morgan fingerprint density at radius 2 is 1.92 bits per heavy atom. The van der Waals surface area contributed by atoms with Crippen LogP contribution < -0.4 is 0 Å². The van der Waals surface area contributed by atoms with Crippen molar-refractivity contribution in [2.75, 3.05) is 0 Å². The van der Waals surface area contributed by atoms with Crippen LogP contribution >= 0.6 is 34.8 Å². The van der Waals surface area contributed by atoms with Crippen molar-refractivity contribution in [3.63, 3.8) is 0 Å². The van der Waals surface area contributed by atoms with Crippen LogP contribution in [-0.4, -0.2) is 9.58 Å². The van der Waals surface area contributed by atoms with E-state index in [9.17, 15) is 4.79 Å². The molecule has 1 nitrogen and oxygen atoms in total. The number of fused-ring (bicyclic) bond motifs is 1. The summed E-state index contributed by atoms with van der Waals surface area (Å²) in [5.41, 5.74) is 0.0594. The average molecular weight is 242 g/mol. The minimum Gasteiger partial charge on any atom is -0.299 e. The van der Waals surface area contributed by atoms with Gasteiger partial charge in [0.1, 0.15) is 5.78 Å². The molecule has 4 heteroatoms. The first kappa shape index (κ1) is 10.1. The summed E-state index contributed by atoms with van der Waals surface area (Å²) in [6, 6.07) is 0. The van der Waals surface area contributed by atoms with E-state index in [-0.39, 0.29) is 29.0 Å². The molecule has 3 atom stereocenters. The summed E-state index contributed by atoms with van der Waals surface area (Å²) < 4.78 is -1.27. The van der Waals surface area contributed by atoms with Crippen molar-refractivity contribution in [2.45, 2.75) is 24.1 Å². The minimum absolute atomic E-state index is 0.0594. The maximum Gasteiger partial charge on any atom is 0.194 e. The van der Waals surface area contributed by atoms with E-state index in [0.29, 0.717) is 6.42 Å². The summed E-state index contributed by atoms with van der Waals surface area (Å²) in [7, 11) is 0. The van der Waals surface area contributed by atoms with Gasteiger partial charge in [0.25, 0.3) is 0 Å². The van der Waals surface area contributed by atoms with Crippen LogP contribution in [0.15, 0.2) is 0 Å². The van der Waals surface area contributed by atoms with E-state index in [1.807, 2.05) is 0 Å². The molecule has 0 amide bonds. The van der Waals surface area contributed by atoms with Crippen molar-refractivity contribution >= 4 is 40.6 Å². The van der Waals surface area contributed by atoms with E-state index in [1.54, 1.807) is 0 Å². The molecule has 0 heterocycles. The van der Waals surface area contributed by atoms with Gasteiger partial charge in [0, 0.05) is 18.3 Å². The molecule has 0 bridgehead atoms. The Bertz CT molecular complexity index is 267. The normalized spacial score (nSPS) is 41.9. The Kier molecular flexibility index (Phi) is 1.98. The second-order valence-corrected chi connectivity index (χ2v) is 7.01. The molecule has 2 saturated carbocycles. The second kappa shape index (κ2) is 2.56. The van der Waals surface area contributed by atoms with Gasteiger partial charge in [-0.25, -0.2) is 0 Å². The number of halogens is 3. The van der Waals surface area contributed by atoms with Gasteiger partial charge in [-0.1, -0.05) is 48.7 Å². The lowest BCUT2D eigenvalue weighted by atomic mass is 9.93. The van der Waals surface area contributed by atoms with Crippen LogP contribution in [-0.2, 0) is 4.79 Å². The lowest BCUT2D eigenvalue weighted by Gasteiger charge is -2.23. The molecule has 0 N–H and O–H groups in total. The van der Waals surface area contributed by atoms with E-state index < -0.39 is 3.79 Å². The molecule has 13 heavy (non-hydrogen) atoms. The zero-order valence-corrected chi connectivity index (χ0v) is 9.75. The molecule has 0 aromatic carbocycles. The third-order valence-corrected chi connectivity index (χ3v) is 4.37. The Labute approximate surface area is 92.7 Å².